The molecule has 0 bridgehead atoms. The molecule has 0 fully saturated rings. The van der Waals surface area contributed by atoms with Crippen molar-refractivity contribution in [3.63, 3.8) is 0 Å². The minimum atomic E-state index is -0.790. The maximum atomic E-state index is 10.4. The van der Waals surface area contributed by atoms with Crippen molar-refractivity contribution in [1.82, 2.24) is 4.98 Å². The molecular weight excluding hydrogens is 250 g/mol. The number of aliphatic hydroxyl groups excluding tert-OH is 1. The quantitative estimate of drug-likeness (QED) is 0.923. The lowest BCUT2D eigenvalue weighted by molar-refractivity contribution is 0.212. The second kappa shape index (κ2) is 5.37. The van der Waals surface area contributed by atoms with Crippen molar-refractivity contribution in [3.05, 3.63) is 39.8 Å². The molecule has 0 aliphatic carbocycles. The Hall–Kier alpha value is -1.59. The van der Waals surface area contributed by atoms with Crippen LogP contribution in [0.4, 0.5) is 0 Å². The number of aromatic nitrogens is 1. The summed E-state index contributed by atoms with van der Waals surface area (Å²) in [5, 5.41) is 11.4. The van der Waals surface area contributed by atoms with Gasteiger partial charge in [-0.1, -0.05) is 6.07 Å². The first kappa shape index (κ1) is 12.9. The normalized spacial score (nSPS) is 12.2. The molecule has 2 rings (SSSR count). The highest BCUT2D eigenvalue weighted by molar-refractivity contribution is 7.11. The van der Waals surface area contributed by atoms with Gasteiger partial charge in [-0.15, -0.1) is 11.3 Å². The molecule has 1 N–H and O–H groups in total. The summed E-state index contributed by atoms with van der Waals surface area (Å²) >= 11 is 1.46. The van der Waals surface area contributed by atoms with E-state index in [4.69, 9.17) is 9.47 Å². The lowest BCUT2D eigenvalue weighted by Crippen LogP contribution is -2.03. The number of methoxy groups -OCH3 is 2. The van der Waals surface area contributed by atoms with E-state index in [1.54, 1.807) is 32.5 Å². The van der Waals surface area contributed by atoms with Crippen molar-refractivity contribution in [1.29, 1.82) is 0 Å². The van der Waals surface area contributed by atoms with Gasteiger partial charge in [-0.05, 0) is 19.1 Å². The molecule has 1 aromatic carbocycles. The molecule has 0 aliphatic rings. The highest BCUT2D eigenvalue weighted by Gasteiger charge is 2.21. The topological polar surface area (TPSA) is 51.6 Å². The third-order valence-corrected chi connectivity index (χ3v) is 3.61. The largest absolute Gasteiger partial charge is 0.496 e. The van der Waals surface area contributed by atoms with Gasteiger partial charge >= 0.3 is 0 Å². The number of benzene rings is 1. The highest BCUT2D eigenvalue weighted by Crippen LogP contribution is 2.38. The summed E-state index contributed by atoms with van der Waals surface area (Å²) in [5.74, 6) is 1.21. The second-order valence-electron chi connectivity index (χ2n) is 3.76. The van der Waals surface area contributed by atoms with Crippen molar-refractivity contribution in [2.75, 3.05) is 14.2 Å². The van der Waals surface area contributed by atoms with E-state index in [-0.39, 0.29) is 0 Å². The van der Waals surface area contributed by atoms with Crippen molar-refractivity contribution < 1.29 is 14.6 Å². The van der Waals surface area contributed by atoms with E-state index in [1.165, 1.54) is 11.3 Å². The molecule has 1 heterocycles. The summed E-state index contributed by atoms with van der Waals surface area (Å²) in [6.07, 6.45) is 0.888. The lowest BCUT2D eigenvalue weighted by Gasteiger charge is -2.16. The average Bonchev–Trinajstić information content (AvgIpc) is 2.83. The standard InChI is InChI=1S/C13H15NO3S/c1-8-14-7-11(18-8)13(15)12-9(16-2)5-4-6-10(12)17-3/h4-7,13,15H,1-3H3. The van der Waals surface area contributed by atoms with Crippen LogP contribution in [-0.4, -0.2) is 24.3 Å². The van der Waals surface area contributed by atoms with Crippen LogP contribution < -0.4 is 9.47 Å². The number of rotatable bonds is 4. The zero-order valence-corrected chi connectivity index (χ0v) is 11.3. The molecular formula is C13H15NO3S. The highest BCUT2D eigenvalue weighted by atomic mass is 32.1. The van der Waals surface area contributed by atoms with Crippen LogP contribution in [0.5, 0.6) is 11.5 Å². The molecule has 0 radical (unpaired) electrons. The molecule has 0 saturated carbocycles. The van der Waals surface area contributed by atoms with Gasteiger partial charge in [0.1, 0.15) is 17.6 Å². The summed E-state index contributed by atoms with van der Waals surface area (Å²) in [6.45, 7) is 1.90. The number of aryl methyl sites for hydroxylation is 1. The Labute approximate surface area is 110 Å². The minimum absolute atomic E-state index is 0.605. The van der Waals surface area contributed by atoms with E-state index in [2.05, 4.69) is 4.98 Å². The first-order valence-corrected chi connectivity index (χ1v) is 6.30. The van der Waals surface area contributed by atoms with Crippen molar-refractivity contribution in [2.45, 2.75) is 13.0 Å². The molecule has 0 saturated heterocycles. The second-order valence-corrected chi connectivity index (χ2v) is 5.03. The number of aliphatic hydroxyl groups is 1. The summed E-state index contributed by atoms with van der Waals surface area (Å²) in [6, 6.07) is 5.43. The van der Waals surface area contributed by atoms with Crippen molar-refractivity contribution in [2.24, 2.45) is 0 Å². The van der Waals surface area contributed by atoms with Crippen LogP contribution in [0.2, 0.25) is 0 Å². The predicted molar refractivity (Wildman–Crippen MR) is 70.5 cm³/mol. The van der Waals surface area contributed by atoms with Gasteiger partial charge in [0.05, 0.1) is 29.7 Å². The maximum Gasteiger partial charge on any atom is 0.128 e. The third kappa shape index (κ3) is 2.32. The molecule has 0 amide bonds. The molecule has 5 heteroatoms. The number of thiazole rings is 1. The van der Waals surface area contributed by atoms with Gasteiger partial charge in [0.25, 0.3) is 0 Å². The zero-order chi connectivity index (χ0) is 13.1. The van der Waals surface area contributed by atoms with Crippen LogP contribution in [0.15, 0.2) is 24.4 Å². The van der Waals surface area contributed by atoms with Crippen LogP contribution >= 0.6 is 11.3 Å². The molecule has 0 spiro atoms. The Balaban J connectivity index is 2.48. The Morgan fingerprint density at radius 2 is 1.83 bits per heavy atom. The Bertz CT molecular complexity index is 517. The Morgan fingerprint density at radius 1 is 1.22 bits per heavy atom. The van der Waals surface area contributed by atoms with Gasteiger partial charge in [-0.2, -0.15) is 0 Å². The number of nitrogens with zero attached hydrogens (tertiary/aromatic N) is 1. The van der Waals surface area contributed by atoms with Crippen LogP contribution in [0.25, 0.3) is 0 Å². The summed E-state index contributed by atoms with van der Waals surface area (Å²) in [7, 11) is 3.14. The number of hydrogen-bond acceptors (Lipinski definition) is 5. The van der Waals surface area contributed by atoms with Gasteiger partial charge in [-0.25, -0.2) is 4.98 Å². The van der Waals surface area contributed by atoms with Gasteiger partial charge in [0.15, 0.2) is 0 Å². The van der Waals surface area contributed by atoms with Gasteiger partial charge in [-0.3, -0.25) is 0 Å². The first-order chi connectivity index (χ1) is 8.67. The SMILES string of the molecule is COc1cccc(OC)c1C(O)c1cnc(C)s1. The van der Waals surface area contributed by atoms with Crippen molar-refractivity contribution >= 4 is 11.3 Å². The summed E-state index contributed by atoms with van der Waals surface area (Å²) in [5.41, 5.74) is 0.631. The van der Waals surface area contributed by atoms with E-state index in [0.29, 0.717) is 17.1 Å². The summed E-state index contributed by atoms with van der Waals surface area (Å²) < 4.78 is 10.6. The van der Waals surface area contributed by atoms with E-state index < -0.39 is 6.10 Å². The van der Waals surface area contributed by atoms with E-state index >= 15 is 0 Å². The molecule has 18 heavy (non-hydrogen) atoms. The van der Waals surface area contributed by atoms with Crippen LogP contribution in [0, 0.1) is 6.92 Å². The van der Waals surface area contributed by atoms with Crippen LogP contribution in [0.3, 0.4) is 0 Å². The van der Waals surface area contributed by atoms with E-state index in [1.807, 2.05) is 13.0 Å². The van der Waals surface area contributed by atoms with Gasteiger partial charge < -0.3 is 14.6 Å². The van der Waals surface area contributed by atoms with Crippen LogP contribution in [-0.2, 0) is 0 Å². The molecule has 96 valence electrons. The number of hydrogen-bond donors (Lipinski definition) is 1. The predicted octanol–water partition coefficient (Wildman–Crippen LogP) is 2.55. The Morgan fingerprint density at radius 3 is 2.28 bits per heavy atom. The lowest BCUT2D eigenvalue weighted by atomic mass is 10.1. The van der Waals surface area contributed by atoms with Gasteiger partial charge in [0, 0.05) is 6.20 Å². The summed E-state index contributed by atoms with van der Waals surface area (Å²) in [4.78, 5) is 4.92. The molecule has 1 atom stereocenters. The van der Waals surface area contributed by atoms with Gasteiger partial charge in [0.2, 0.25) is 0 Å². The molecule has 4 nitrogen and oxygen atoms in total. The fourth-order valence-electron chi connectivity index (χ4n) is 1.80. The first-order valence-electron chi connectivity index (χ1n) is 5.48. The van der Waals surface area contributed by atoms with E-state index in [9.17, 15) is 5.11 Å². The molecule has 0 aliphatic heterocycles. The third-order valence-electron chi connectivity index (χ3n) is 2.65. The fourth-order valence-corrected chi connectivity index (χ4v) is 2.58. The minimum Gasteiger partial charge on any atom is -0.496 e. The molecule has 1 unspecified atom stereocenters. The van der Waals surface area contributed by atoms with Crippen LogP contribution in [0.1, 0.15) is 21.6 Å². The van der Waals surface area contributed by atoms with E-state index in [0.717, 1.165) is 9.88 Å². The van der Waals surface area contributed by atoms with Crippen molar-refractivity contribution in [3.8, 4) is 11.5 Å². The number of ether oxygens (including phenoxy) is 2. The monoisotopic (exact) mass is 265 g/mol. The fraction of sp³-hybridized carbons (Fsp3) is 0.308. The Kier molecular flexibility index (Phi) is 3.84. The molecule has 1 aromatic heterocycles. The average molecular weight is 265 g/mol. The maximum absolute atomic E-state index is 10.4. The zero-order valence-electron chi connectivity index (χ0n) is 10.5. The smallest absolute Gasteiger partial charge is 0.128 e. The molecule has 2 aromatic rings.